The minimum atomic E-state index is -0.456. The van der Waals surface area contributed by atoms with Crippen LogP contribution in [0.3, 0.4) is 0 Å². The molecule has 0 aromatic heterocycles. The number of methoxy groups -OCH3 is 1. The van der Waals surface area contributed by atoms with Crippen molar-refractivity contribution >= 4 is 12.0 Å². The summed E-state index contributed by atoms with van der Waals surface area (Å²) in [5.41, 5.74) is 5.84. The minimum absolute atomic E-state index is 0.456. The van der Waals surface area contributed by atoms with Crippen LogP contribution in [0.25, 0.3) is 6.08 Å². The average Bonchev–Trinajstić information content (AvgIpc) is 2.41. The second kappa shape index (κ2) is 12.3. The molecule has 0 aliphatic carbocycles. The highest BCUT2D eigenvalue weighted by Gasteiger charge is 1.91. The van der Waals surface area contributed by atoms with Gasteiger partial charge in [-0.3, -0.25) is 4.79 Å². The molecule has 1 rings (SSSR count). The van der Waals surface area contributed by atoms with Crippen molar-refractivity contribution in [3.05, 3.63) is 35.9 Å². The van der Waals surface area contributed by atoms with Crippen LogP contribution < -0.4 is 10.5 Å². The summed E-state index contributed by atoms with van der Waals surface area (Å²) in [6, 6.07) is 7.36. The number of carbonyl (C=O) groups is 1. The number of carbonyl (C=O) groups excluding carboxylic acids is 1. The van der Waals surface area contributed by atoms with E-state index >= 15 is 0 Å². The molecule has 1 aromatic rings. The van der Waals surface area contributed by atoms with Crippen molar-refractivity contribution in [3.8, 4) is 5.75 Å². The van der Waals surface area contributed by atoms with Crippen molar-refractivity contribution < 1.29 is 9.53 Å². The van der Waals surface area contributed by atoms with E-state index < -0.39 is 5.91 Å². The second-order valence-electron chi connectivity index (χ2n) is 2.51. The summed E-state index contributed by atoms with van der Waals surface area (Å²) in [5, 5.41) is 0. The van der Waals surface area contributed by atoms with Crippen LogP contribution in [0.15, 0.2) is 30.3 Å². The molecule has 1 aromatic carbocycles. The lowest BCUT2D eigenvalue weighted by Crippen LogP contribution is -2.05. The maximum atomic E-state index is 10.4. The summed E-state index contributed by atoms with van der Waals surface area (Å²) in [7, 11) is 1.59. The highest BCUT2D eigenvalue weighted by Crippen LogP contribution is 2.13. The second-order valence-corrected chi connectivity index (χ2v) is 2.51. The standard InChI is InChI=1S/C10H11NO2.2C2H6/c1-13-9-4-2-3-8(7-9)5-6-10(11)12;2*1-2/h2-7H,1H3,(H2,11,12);2*1-2H3/b6-5+;;. The van der Waals surface area contributed by atoms with Crippen LogP contribution in [0.4, 0.5) is 0 Å². The van der Waals surface area contributed by atoms with Gasteiger partial charge in [0.1, 0.15) is 5.75 Å². The molecule has 17 heavy (non-hydrogen) atoms. The molecule has 0 fully saturated rings. The largest absolute Gasteiger partial charge is 0.497 e. The Hall–Kier alpha value is -1.77. The smallest absolute Gasteiger partial charge is 0.241 e. The van der Waals surface area contributed by atoms with Crippen LogP contribution in [0.5, 0.6) is 5.75 Å². The highest BCUT2D eigenvalue weighted by atomic mass is 16.5. The zero-order valence-electron chi connectivity index (χ0n) is 11.4. The lowest BCUT2D eigenvalue weighted by Gasteiger charge is -1.99. The van der Waals surface area contributed by atoms with Gasteiger partial charge >= 0.3 is 0 Å². The Morgan fingerprint density at radius 2 is 1.82 bits per heavy atom. The SMILES string of the molecule is CC.CC.COc1cccc(/C=C/C(N)=O)c1. The summed E-state index contributed by atoms with van der Waals surface area (Å²) in [6.45, 7) is 8.00. The Bertz CT molecular complexity index is 333. The molecule has 0 spiro atoms. The molecule has 0 unspecified atom stereocenters. The van der Waals surface area contributed by atoms with Gasteiger partial charge in [0.05, 0.1) is 7.11 Å². The fourth-order valence-corrected chi connectivity index (χ4v) is 0.924. The molecule has 0 aliphatic heterocycles. The van der Waals surface area contributed by atoms with E-state index in [1.54, 1.807) is 13.2 Å². The van der Waals surface area contributed by atoms with Gasteiger partial charge in [0.2, 0.25) is 5.91 Å². The molecule has 3 heteroatoms. The first-order valence-electron chi connectivity index (χ1n) is 5.84. The number of nitrogens with two attached hydrogens (primary N) is 1. The fourth-order valence-electron chi connectivity index (χ4n) is 0.924. The first-order valence-corrected chi connectivity index (χ1v) is 5.84. The van der Waals surface area contributed by atoms with E-state index in [1.807, 2.05) is 52.0 Å². The van der Waals surface area contributed by atoms with E-state index in [-0.39, 0.29) is 0 Å². The van der Waals surface area contributed by atoms with Crippen molar-refractivity contribution in [2.45, 2.75) is 27.7 Å². The number of amides is 1. The topological polar surface area (TPSA) is 52.3 Å². The number of primary amides is 1. The van der Waals surface area contributed by atoms with Crippen molar-refractivity contribution in [2.24, 2.45) is 5.73 Å². The predicted molar refractivity (Wildman–Crippen MR) is 73.9 cm³/mol. The Kier molecular flexibility index (Phi) is 12.7. The van der Waals surface area contributed by atoms with Crippen LogP contribution in [-0.4, -0.2) is 13.0 Å². The Morgan fingerprint density at radius 1 is 1.24 bits per heavy atom. The average molecular weight is 237 g/mol. The lowest BCUT2D eigenvalue weighted by molar-refractivity contribution is -0.113. The number of benzene rings is 1. The summed E-state index contributed by atoms with van der Waals surface area (Å²) in [5.74, 6) is 0.300. The summed E-state index contributed by atoms with van der Waals surface area (Å²) in [4.78, 5) is 10.4. The first-order chi connectivity index (χ1) is 8.22. The normalized spacial score (nSPS) is 8.53. The quantitative estimate of drug-likeness (QED) is 0.820. The van der Waals surface area contributed by atoms with Crippen LogP contribution in [0.1, 0.15) is 33.3 Å². The summed E-state index contributed by atoms with van der Waals surface area (Å²) in [6.07, 6.45) is 2.96. The maximum absolute atomic E-state index is 10.4. The first kappa shape index (κ1) is 17.6. The molecule has 96 valence electrons. The predicted octanol–water partition coefficient (Wildman–Crippen LogP) is 3.25. The molecule has 0 saturated heterocycles. The number of hydrogen-bond donors (Lipinski definition) is 1. The van der Waals surface area contributed by atoms with Gasteiger partial charge in [0, 0.05) is 6.08 Å². The highest BCUT2D eigenvalue weighted by molar-refractivity contribution is 5.90. The Labute approximate surface area is 104 Å². The van der Waals surface area contributed by atoms with Crippen molar-refractivity contribution in [1.82, 2.24) is 0 Å². The molecule has 0 bridgehead atoms. The molecule has 0 atom stereocenters. The molecule has 3 nitrogen and oxygen atoms in total. The van der Waals surface area contributed by atoms with E-state index in [0.717, 1.165) is 11.3 Å². The molecular formula is C14H23NO2. The Balaban J connectivity index is 0. The van der Waals surface area contributed by atoms with Crippen molar-refractivity contribution in [1.29, 1.82) is 0 Å². The van der Waals surface area contributed by atoms with Crippen LogP contribution >= 0.6 is 0 Å². The van der Waals surface area contributed by atoms with Gasteiger partial charge in [-0.15, -0.1) is 0 Å². The zero-order valence-corrected chi connectivity index (χ0v) is 11.4. The monoisotopic (exact) mass is 237 g/mol. The van der Waals surface area contributed by atoms with Gasteiger partial charge < -0.3 is 10.5 Å². The van der Waals surface area contributed by atoms with Gasteiger partial charge in [-0.2, -0.15) is 0 Å². The third kappa shape index (κ3) is 9.18. The summed E-state index contributed by atoms with van der Waals surface area (Å²) < 4.78 is 5.01. The number of hydrogen-bond acceptors (Lipinski definition) is 2. The Morgan fingerprint density at radius 3 is 2.29 bits per heavy atom. The van der Waals surface area contributed by atoms with Gasteiger partial charge in [0.15, 0.2) is 0 Å². The van der Waals surface area contributed by atoms with Gasteiger partial charge in [-0.05, 0) is 23.8 Å². The molecule has 0 saturated carbocycles. The number of rotatable bonds is 3. The van der Waals surface area contributed by atoms with Crippen LogP contribution in [0, 0.1) is 0 Å². The third-order valence-electron chi connectivity index (χ3n) is 1.53. The third-order valence-corrected chi connectivity index (χ3v) is 1.53. The van der Waals surface area contributed by atoms with Gasteiger partial charge in [-0.25, -0.2) is 0 Å². The molecule has 0 radical (unpaired) electrons. The van der Waals surface area contributed by atoms with Crippen LogP contribution in [-0.2, 0) is 4.79 Å². The molecule has 0 heterocycles. The molecule has 1 amide bonds. The van der Waals surface area contributed by atoms with Gasteiger partial charge in [0.25, 0.3) is 0 Å². The maximum Gasteiger partial charge on any atom is 0.241 e. The van der Waals surface area contributed by atoms with Crippen molar-refractivity contribution in [2.75, 3.05) is 7.11 Å². The lowest BCUT2D eigenvalue weighted by atomic mass is 10.2. The van der Waals surface area contributed by atoms with E-state index in [4.69, 9.17) is 10.5 Å². The summed E-state index contributed by atoms with van der Waals surface area (Å²) >= 11 is 0. The van der Waals surface area contributed by atoms with Gasteiger partial charge in [-0.1, -0.05) is 39.8 Å². The molecule has 2 N–H and O–H groups in total. The molecular weight excluding hydrogens is 214 g/mol. The van der Waals surface area contributed by atoms with E-state index in [1.165, 1.54) is 6.08 Å². The van der Waals surface area contributed by atoms with Crippen molar-refractivity contribution in [3.63, 3.8) is 0 Å². The zero-order chi connectivity index (χ0) is 13.7. The van der Waals surface area contributed by atoms with Crippen LogP contribution in [0.2, 0.25) is 0 Å². The minimum Gasteiger partial charge on any atom is -0.497 e. The molecule has 0 aliphatic rings. The van der Waals surface area contributed by atoms with E-state index in [2.05, 4.69) is 0 Å². The van der Waals surface area contributed by atoms with E-state index in [0.29, 0.717) is 0 Å². The number of ether oxygens (including phenoxy) is 1. The van der Waals surface area contributed by atoms with E-state index in [9.17, 15) is 4.79 Å². The fraction of sp³-hybridized carbons (Fsp3) is 0.357.